The van der Waals surface area contributed by atoms with Gasteiger partial charge in [-0.15, -0.1) is 0 Å². The van der Waals surface area contributed by atoms with Crippen molar-refractivity contribution in [1.82, 2.24) is 24.6 Å². The van der Waals surface area contributed by atoms with E-state index in [1.807, 2.05) is 4.90 Å². The molecule has 1 saturated carbocycles. The summed E-state index contributed by atoms with van der Waals surface area (Å²) in [7, 11) is 0. The van der Waals surface area contributed by atoms with E-state index in [0.29, 0.717) is 18.1 Å². The molecule has 0 spiro atoms. The molecule has 0 aromatic carbocycles. The average Bonchev–Trinajstić information content (AvgIpc) is 3.47. The summed E-state index contributed by atoms with van der Waals surface area (Å²) in [4.78, 5) is 26.5. The molecule has 3 heterocycles. The van der Waals surface area contributed by atoms with Crippen LogP contribution in [0.5, 0.6) is 0 Å². The minimum absolute atomic E-state index is 0.00596. The van der Waals surface area contributed by atoms with Crippen molar-refractivity contribution in [2.24, 2.45) is 5.92 Å². The van der Waals surface area contributed by atoms with Crippen LogP contribution in [0.15, 0.2) is 10.7 Å². The molecule has 1 atom stereocenters. The predicted molar refractivity (Wildman–Crippen MR) is 119 cm³/mol. The van der Waals surface area contributed by atoms with E-state index in [2.05, 4.69) is 33.5 Å². The Hall–Kier alpha value is -1.48. The maximum absolute atomic E-state index is 12.9. The molecular weight excluding hydrogens is 394 g/mol. The van der Waals surface area contributed by atoms with Crippen LogP contribution in [0, 0.1) is 5.92 Å². The predicted octanol–water partition coefficient (Wildman–Crippen LogP) is 1.51. The van der Waals surface area contributed by atoms with Crippen LogP contribution in [0.4, 0.5) is 0 Å². The van der Waals surface area contributed by atoms with Gasteiger partial charge in [0.25, 0.3) is 5.91 Å². The molecule has 2 aliphatic heterocycles. The zero-order chi connectivity index (χ0) is 21.8. The molecule has 8 nitrogen and oxygen atoms in total. The summed E-state index contributed by atoms with van der Waals surface area (Å²) in [5.74, 6) is 0.893. The van der Waals surface area contributed by atoms with E-state index in [1.165, 1.54) is 31.9 Å². The number of hydrogen-bond acceptors (Lipinski definition) is 7. The standard InChI is InChI=1S/C23H39N5O3/c1-18(2)21(29)15-25-7-9-26(10-8-25)16-22-24-20(17-31-22)23(30)28-13-11-27(12-14-28)19-5-3-4-6-19/h17-19,21,29H,3-16H2,1-2H3. The molecule has 0 radical (unpaired) electrons. The van der Waals surface area contributed by atoms with Crippen LogP contribution >= 0.6 is 0 Å². The van der Waals surface area contributed by atoms with E-state index in [9.17, 15) is 9.90 Å². The third-order valence-electron chi connectivity index (χ3n) is 7.25. The van der Waals surface area contributed by atoms with Crippen LogP contribution in [-0.4, -0.2) is 107 Å². The SMILES string of the molecule is CC(C)C(O)CN1CCN(Cc2nc(C(=O)N3CCN(C4CCCC4)CC3)co2)CC1. The minimum Gasteiger partial charge on any atom is -0.447 e. The Labute approximate surface area is 186 Å². The molecule has 1 amide bonds. The largest absolute Gasteiger partial charge is 0.447 e. The van der Waals surface area contributed by atoms with Gasteiger partial charge in [0.1, 0.15) is 6.26 Å². The summed E-state index contributed by atoms with van der Waals surface area (Å²) in [5.41, 5.74) is 0.433. The van der Waals surface area contributed by atoms with E-state index in [1.54, 1.807) is 0 Å². The van der Waals surface area contributed by atoms with Gasteiger partial charge >= 0.3 is 0 Å². The summed E-state index contributed by atoms with van der Waals surface area (Å²) in [6.07, 6.45) is 6.57. The number of oxazole rings is 1. The first-order chi connectivity index (χ1) is 15.0. The molecule has 0 bridgehead atoms. The van der Waals surface area contributed by atoms with Crippen molar-refractivity contribution in [2.75, 3.05) is 58.9 Å². The molecule has 4 rings (SSSR count). The molecule has 1 aromatic heterocycles. The Morgan fingerprint density at radius 1 is 1.06 bits per heavy atom. The number of piperazine rings is 2. The number of carbonyl (C=O) groups excluding carboxylic acids is 1. The maximum Gasteiger partial charge on any atom is 0.275 e. The summed E-state index contributed by atoms with van der Waals surface area (Å²) >= 11 is 0. The molecule has 174 valence electrons. The number of rotatable bonds is 7. The van der Waals surface area contributed by atoms with E-state index >= 15 is 0 Å². The van der Waals surface area contributed by atoms with E-state index < -0.39 is 0 Å². The Morgan fingerprint density at radius 2 is 1.71 bits per heavy atom. The van der Waals surface area contributed by atoms with Gasteiger partial charge < -0.3 is 14.4 Å². The topological polar surface area (TPSA) is 76.3 Å². The van der Waals surface area contributed by atoms with Crippen molar-refractivity contribution in [3.05, 3.63) is 17.8 Å². The number of β-amino-alcohol motifs (C(OH)–C–C–N with tert-alkyl or cyclic N) is 1. The van der Waals surface area contributed by atoms with Gasteiger partial charge in [-0.05, 0) is 18.8 Å². The molecule has 31 heavy (non-hydrogen) atoms. The van der Waals surface area contributed by atoms with Gasteiger partial charge in [0.2, 0.25) is 5.89 Å². The van der Waals surface area contributed by atoms with Crippen molar-refractivity contribution in [2.45, 2.75) is 58.2 Å². The fourth-order valence-corrected chi connectivity index (χ4v) is 5.00. The van der Waals surface area contributed by atoms with E-state index in [4.69, 9.17) is 4.42 Å². The van der Waals surface area contributed by atoms with Crippen LogP contribution in [0.1, 0.15) is 55.9 Å². The fraction of sp³-hybridized carbons (Fsp3) is 0.826. The lowest BCUT2D eigenvalue weighted by atomic mass is 10.1. The molecule has 1 N–H and O–H groups in total. The van der Waals surface area contributed by atoms with Crippen molar-refractivity contribution < 1.29 is 14.3 Å². The van der Waals surface area contributed by atoms with Crippen molar-refractivity contribution >= 4 is 5.91 Å². The first kappa shape index (κ1) is 22.7. The van der Waals surface area contributed by atoms with Gasteiger partial charge in [-0.2, -0.15) is 0 Å². The fourth-order valence-electron chi connectivity index (χ4n) is 5.00. The van der Waals surface area contributed by atoms with Gasteiger partial charge in [0.15, 0.2) is 5.69 Å². The Kier molecular flexibility index (Phi) is 7.63. The van der Waals surface area contributed by atoms with Crippen LogP contribution < -0.4 is 0 Å². The van der Waals surface area contributed by atoms with Crippen LogP contribution in [0.25, 0.3) is 0 Å². The first-order valence-electron chi connectivity index (χ1n) is 12.1. The van der Waals surface area contributed by atoms with Gasteiger partial charge in [-0.3, -0.25) is 19.5 Å². The van der Waals surface area contributed by atoms with E-state index in [0.717, 1.165) is 64.9 Å². The zero-order valence-electron chi connectivity index (χ0n) is 19.2. The van der Waals surface area contributed by atoms with Crippen molar-refractivity contribution in [1.29, 1.82) is 0 Å². The van der Waals surface area contributed by atoms with Gasteiger partial charge in [0.05, 0.1) is 12.6 Å². The second-order valence-corrected chi connectivity index (χ2v) is 9.78. The Bertz CT molecular complexity index is 702. The minimum atomic E-state index is -0.271. The lowest BCUT2D eigenvalue weighted by Crippen LogP contribution is -2.51. The second-order valence-electron chi connectivity index (χ2n) is 9.78. The zero-order valence-corrected chi connectivity index (χ0v) is 19.2. The number of amides is 1. The highest BCUT2D eigenvalue weighted by atomic mass is 16.3. The number of aliphatic hydroxyl groups excluding tert-OH is 1. The lowest BCUT2D eigenvalue weighted by molar-refractivity contribution is 0.0463. The molecule has 1 unspecified atom stereocenters. The summed E-state index contributed by atoms with van der Waals surface area (Å²) in [6.45, 7) is 12.7. The van der Waals surface area contributed by atoms with Crippen LogP contribution in [-0.2, 0) is 6.54 Å². The summed E-state index contributed by atoms with van der Waals surface area (Å²) in [6, 6.07) is 0.727. The average molecular weight is 434 g/mol. The van der Waals surface area contributed by atoms with Gasteiger partial charge in [0, 0.05) is 64.9 Å². The highest BCUT2D eigenvalue weighted by Crippen LogP contribution is 2.24. The molecule has 1 aromatic rings. The second kappa shape index (κ2) is 10.4. The summed E-state index contributed by atoms with van der Waals surface area (Å²) in [5, 5.41) is 10.1. The molecule has 2 saturated heterocycles. The quantitative estimate of drug-likeness (QED) is 0.698. The lowest BCUT2D eigenvalue weighted by Gasteiger charge is -2.37. The third kappa shape index (κ3) is 5.86. The number of nitrogens with zero attached hydrogens (tertiary/aromatic N) is 5. The Balaban J connectivity index is 1.21. The number of hydrogen-bond donors (Lipinski definition) is 1. The molecular formula is C23H39N5O3. The number of aliphatic hydroxyl groups is 1. The van der Waals surface area contributed by atoms with Gasteiger partial charge in [-0.1, -0.05) is 26.7 Å². The highest BCUT2D eigenvalue weighted by Gasteiger charge is 2.29. The summed E-state index contributed by atoms with van der Waals surface area (Å²) < 4.78 is 5.64. The monoisotopic (exact) mass is 433 g/mol. The van der Waals surface area contributed by atoms with Crippen molar-refractivity contribution in [3.8, 4) is 0 Å². The smallest absolute Gasteiger partial charge is 0.275 e. The molecule has 3 aliphatic rings. The Morgan fingerprint density at radius 3 is 2.35 bits per heavy atom. The number of carbonyl (C=O) groups is 1. The van der Waals surface area contributed by atoms with Crippen LogP contribution in [0.2, 0.25) is 0 Å². The van der Waals surface area contributed by atoms with Crippen molar-refractivity contribution in [3.63, 3.8) is 0 Å². The third-order valence-corrected chi connectivity index (χ3v) is 7.25. The van der Waals surface area contributed by atoms with Gasteiger partial charge in [-0.25, -0.2) is 4.98 Å². The molecule has 8 heteroatoms. The first-order valence-corrected chi connectivity index (χ1v) is 12.1. The normalized spacial score (nSPS) is 23.7. The highest BCUT2D eigenvalue weighted by molar-refractivity contribution is 5.92. The number of aromatic nitrogens is 1. The van der Waals surface area contributed by atoms with E-state index in [-0.39, 0.29) is 17.9 Å². The van der Waals surface area contributed by atoms with Crippen LogP contribution in [0.3, 0.4) is 0 Å². The molecule has 3 fully saturated rings. The maximum atomic E-state index is 12.9. The molecule has 1 aliphatic carbocycles.